The van der Waals surface area contributed by atoms with Crippen LogP contribution in [0.25, 0.3) is 17.8 Å². The summed E-state index contributed by atoms with van der Waals surface area (Å²) < 4.78 is 123. The number of Topliss-reactive ketones (excluding diaryl/α,β-unsaturated/α-hetero) is 2. The molecule has 8 aromatic rings. The van der Waals surface area contributed by atoms with Crippen LogP contribution in [0.1, 0.15) is 198 Å². The molecule has 4 aliphatic carbocycles. The Bertz CT molecular complexity index is 3700. The van der Waals surface area contributed by atoms with Gasteiger partial charge < -0.3 is 26.4 Å². The van der Waals surface area contributed by atoms with Gasteiger partial charge in [0.2, 0.25) is 29.0 Å². The number of rotatable bonds is 15. The molecule has 2 unspecified atom stereocenters. The van der Waals surface area contributed by atoms with E-state index in [1.807, 2.05) is 27.7 Å². The van der Waals surface area contributed by atoms with Gasteiger partial charge in [0.25, 0.3) is 17.8 Å². The Morgan fingerprint density at radius 1 is 0.495 bits per heavy atom. The van der Waals surface area contributed by atoms with Crippen molar-refractivity contribution in [2.45, 2.75) is 218 Å². The number of aromatic amines is 1. The number of aromatic nitrogens is 16. The van der Waals surface area contributed by atoms with Crippen LogP contribution in [0.15, 0.2) is 73.3 Å². The Kier molecular flexibility index (Phi) is 24.9. The molecule has 4 fully saturated rings. The number of aliphatic hydroxyl groups is 1. The van der Waals surface area contributed by atoms with E-state index in [4.69, 9.17) is 11.6 Å². The maximum atomic E-state index is 13.3. The minimum absolute atomic E-state index is 0.0162. The number of alkyl halides is 9. The van der Waals surface area contributed by atoms with E-state index in [1.165, 1.54) is 34.8 Å². The number of aliphatic hydroxyl groups excluding tert-OH is 1. The zero-order valence-electron chi connectivity index (χ0n) is 55.0. The Hall–Kier alpha value is -8.68. The molecule has 0 amide bonds. The summed E-state index contributed by atoms with van der Waals surface area (Å²) in [6, 6.07) is 13.6. The molecule has 8 aromatic heterocycles. The number of nitrogens with one attached hydrogen (secondary N) is 5. The number of ketones is 2. The summed E-state index contributed by atoms with van der Waals surface area (Å²) in [5, 5.41) is 41.1. The third-order valence-electron chi connectivity index (χ3n) is 16.1. The van der Waals surface area contributed by atoms with Crippen molar-refractivity contribution in [3.63, 3.8) is 0 Å². The summed E-state index contributed by atoms with van der Waals surface area (Å²) in [7, 11) is 0. The number of aryl methyl sites for hydroxylation is 4. The van der Waals surface area contributed by atoms with Gasteiger partial charge in [-0.1, -0.05) is 0 Å². The van der Waals surface area contributed by atoms with E-state index in [0.717, 1.165) is 17.1 Å². The first kappa shape index (κ1) is 74.1. The van der Waals surface area contributed by atoms with Crippen molar-refractivity contribution in [3.8, 4) is 17.8 Å². The molecule has 0 radical (unpaired) electrons. The first-order valence-corrected chi connectivity index (χ1v) is 32.3. The van der Waals surface area contributed by atoms with E-state index in [9.17, 15) is 54.2 Å². The molecule has 23 nitrogen and oxygen atoms in total. The van der Waals surface area contributed by atoms with Gasteiger partial charge in [-0.3, -0.25) is 14.7 Å². The van der Waals surface area contributed by atoms with E-state index in [-0.39, 0.29) is 92.4 Å². The van der Waals surface area contributed by atoms with Crippen LogP contribution in [-0.4, -0.2) is 144 Å². The van der Waals surface area contributed by atoms with Crippen molar-refractivity contribution in [2.75, 3.05) is 21.3 Å². The van der Waals surface area contributed by atoms with Crippen LogP contribution in [0.3, 0.4) is 0 Å². The third kappa shape index (κ3) is 23.3. The molecular weight excluding hydrogens is 1300 g/mol. The molecule has 0 aliphatic heterocycles. The zero-order valence-corrected chi connectivity index (χ0v) is 55.7. The maximum Gasteiger partial charge on any atom is 0.252 e. The van der Waals surface area contributed by atoms with Crippen LogP contribution in [0.4, 0.5) is 62.8 Å². The largest absolute Gasteiger partial charge is 0.387 e. The Morgan fingerprint density at radius 3 is 1.10 bits per heavy atom. The molecular formula is C64H80ClF9N20O3. The van der Waals surface area contributed by atoms with Gasteiger partial charge in [0.05, 0.1) is 17.5 Å². The lowest BCUT2D eigenvalue weighted by Gasteiger charge is -2.29. The summed E-state index contributed by atoms with van der Waals surface area (Å²) >= 11 is 5.73. The monoisotopic (exact) mass is 1380 g/mol. The first-order valence-electron chi connectivity index (χ1n) is 31.9. The van der Waals surface area contributed by atoms with Crippen LogP contribution in [0.2, 0.25) is 5.28 Å². The van der Waals surface area contributed by atoms with Crippen LogP contribution in [-0.2, 0) is 0 Å². The second-order valence-corrected chi connectivity index (χ2v) is 25.1. The highest BCUT2D eigenvalue weighted by Crippen LogP contribution is 2.38. The number of nitrogens with zero attached hydrogens (tertiary/aromatic N) is 15. The maximum absolute atomic E-state index is 13.3. The standard InChI is InChI=1S/C16H20F3N5.C16H21F2N5O.C16H19F2N5O.C11H14ClF2N3.C5H6N2O/c1-10-9-14(21-12-3-6-16(18,19)7-4-12)22-15(20-10)24-8-5-13(23-24)11(2)17;2*1-10-9-14(20-12-3-6-16(17,18)7-4-12)21-15(19-10)23-8-5-13(22-23)11(2)24;1-7-6-9(17-10(12)15-7)16-8-2-4-11(13,14)5-3-8;1-4(8)5-2-3-6-7-5/h5,8-9,11-12H,3-4,6-7H2,1-2H3,(H,20,21,22);5,8-9,11-12,24H,3-4,6-7H2,1-2H3,(H,19,20,21);5,8-9,12H,3-4,6-7H2,1-2H3,(H,19,20,21);6,8H,2-5H2,1H3,(H,15,16,17);2-3H,1H3,(H,6,7). The number of halogens is 10. The van der Waals surface area contributed by atoms with Crippen LogP contribution in [0, 0.1) is 27.7 Å². The quantitative estimate of drug-likeness (QED) is 0.0316. The van der Waals surface area contributed by atoms with Gasteiger partial charge in [0.15, 0.2) is 11.6 Å². The molecule has 2 atom stereocenters. The summed E-state index contributed by atoms with van der Waals surface area (Å²) in [5.74, 6) is -6.88. The lowest BCUT2D eigenvalue weighted by Crippen LogP contribution is -2.32. The van der Waals surface area contributed by atoms with E-state index in [0.29, 0.717) is 121 Å². The lowest BCUT2D eigenvalue weighted by atomic mass is 9.92. The third-order valence-corrected chi connectivity index (χ3v) is 16.3. The van der Waals surface area contributed by atoms with Crippen molar-refractivity contribution in [3.05, 3.63) is 124 Å². The van der Waals surface area contributed by atoms with Crippen LogP contribution >= 0.6 is 11.6 Å². The van der Waals surface area contributed by atoms with E-state index < -0.39 is 36.0 Å². The topological polar surface area (TPSA) is 288 Å². The number of carbonyl (C=O) groups is 2. The number of anilines is 4. The van der Waals surface area contributed by atoms with Crippen molar-refractivity contribution in [1.29, 1.82) is 0 Å². The number of hydrogen-bond donors (Lipinski definition) is 6. The molecule has 0 saturated heterocycles. The Labute approximate surface area is 559 Å². The minimum Gasteiger partial charge on any atom is -0.387 e. The second kappa shape index (κ2) is 32.6. The fourth-order valence-electron chi connectivity index (χ4n) is 10.8. The zero-order chi connectivity index (χ0) is 70.4. The Balaban J connectivity index is 0.000000160. The normalized spacial score (nSPS) is 18.2. The number of hydrogen-bond acceptors (Lipinski definition) is 19. The van der Waals surface area contributed by atoms with Gasteiger partial charge in [-0.2, -0.15) is 35.3 Å². The smallest absolute Gasteiger partial charge is 0.252 e. The molecule has 97 heavy (non-hydrogen) atoms. The molecule has 6 N–H and O–H groups in total. The average molecular weight is 1380 g/mol. The molecule has 4 saturated carbocycles. The second-order valence-electron chi connectivity index (χ2n) is 24.7. The summed E-state index contributed by atoms with van der Waals surface area (Å²) in [4.78, 5) is 55.9. The molecule has 0 spiro atoms. The molecule has 0 bridgehead atoms. The van der Waals surface area contributed by atoms with Gasteiger partial charge in [-0.25, -0.2) is 78.5 Å². The highest BCUT2D eigenvalue weighted by atomic mass is 35.5. The van der Waals surface area contributed by atoms with Gasteiger partial charge in [0.1, 0.15) is 40.8 Å². The summed E-state index contributed by atoms with van der Waals surface area (Å²) in [6.07, 6.45) is 7.19. The first-order chi connectivity index (χ1) is 45.7. The van der Waals surface area contributed by atoms with Gasteiger partial charge >= 0.3 is 0 Å². The van der Waals surface area contributed by atoms with Gasteiger partial charge in [0, 0.05) is 161 Å². The summed E-state index contributed by atoms with van der Waals surface area (Å²) in [6.45, 7) is 13.3. The predicted octanol–water partition coefficient (Wildman–Crippen LogP) is 14.2. The molecule has 8 heterocycles. The van der Waals surface area contributed by atoms with Crippen molar-refractivity contribution >= 4 is 46.4 Å². The minimum atomic E-state index is -2.56. The lowest BCUT2D eigenvalue weighted by molar-refractivity contribution is -0.0366. The van der Waals surface area contributed by atoms with E-state index in [1.54, 1.807) is 80.2 Å². The predicted molar refractivity (Wildman–Crippen MR) is 346 cm³/mol. The number of H-pyrrole nitrogens is 1. The average Bonchev–Trinajstić information content (AvgIpc) is 1.79. The molecule has 12 rings (SSSR count). The summed E-state index contributed by atoms with van der Waals surface area (Å²) in [5.41, 5.74) is 4.69. The van der Waals surface area contributed by atoms with Crippen molar-refractivity contribution in [1.82, 2.24) is 79.4 Å². The SMILES string of the molecule is CC(=O)c1ccn(-c2nc(C)cc(NC3CCC(F)(F)CC3)n2)n1.CC(=O)c1ccn[nH]1.Cc1cc(NC2CCC(F)(F)CC2)nc(-n2ccc(C(C)F)n2)n1.Cc1cc(NC2CCC(F)(F)CC2)nc(-n2ccc(C(C)O)n2)n1.Cc1cc(NC2CCC(F)(F)CC2)nc(Cl)n1. The highest BCUT2D eigenvalue weighted by Gasteiger charge is 2.38. The van der Waals surface area contributed by atoms with Crippen LogP contribution in [0.5, 0.6) is 0 Å². The van der Waals surface area contributed by atoms with Crippen molar-refractivity contribution < 1.29 is 54.2 Å². The highest BCUT2D eigenvalue weighted by molar-refractivity contribution is 6.28. The van der Waals surface area contributed by atoms with Crippen molar-refractivity contribution in [2.24, 2.45) is 0 Å². The van der Waals surface area contributed by atoms with E-state index >= 15 is 0 Å². The molecule has 524 valence electrons. The Morgan fingerprint density at radius 2 is 0.825 bits per heavy atom. The fourth-order valence-corrected chi connectivity index (χ4v) is 11.0. The van der Waals surface area contributed by atoms with Gasteiger partial charge in [-0.05, 0) is 129 Å². The molecule has 4 aliphatic rings. The van der Waals surface area contributed by atoms with Crippen LogP contribution < -0.4 is 21.3 Å². The molecule has 0 aromatic carbocycles. The van der Waals surface area contributed by atoms with E-state index in [2.05, 4.69) is 86.6 Å². The fraction of sp³-hybridized carbons (Fsp3) is 0.531. The van der Waals surface area contributed by atoms with Gasteiger partial charge in [-0.15, -0.1) is 0 Å². The number of carbonyl (C=O) groups excluding carboxylic acids is 2. The molecule has 33 heteroatoms.